The molecule has 10 heavy (non-hydrogen) atoms. The van der Waals surface area contributed by atoms with Crippen molar-refractivity contribution in [2.75, 3.05) is 6.61 Å². The molecule has 0 aromatic rings. The topological polar surface area (TPSA) is 26.3 Å². The summed E-state index contributed by atoms with van der Waals surface area (Å²) in [4.78, 5) is 10.8. The third-order valence-electron chi connectivity index (χ3n) is 1.14. The number of rotatable bonds is 4. The van der Waals surface area contributed by atoms with Gasteiger partial charge in [-0.2, -0.15) is 0 Å². The zero-order valence-corrected chi connectivity index (χ0v) is 8.55. The summed E-state index contributed by atoms with van der Waals surface area (Å²) in [7, 11) is 0. The third-order valence-corrected chi connectivity index (χ3v) is 2.46. The third kappa shape index (κ3) is 5.02. The van der Waals surface area contributed by atoms with Gasteiger partial charge in [-0.1, -0.05) is 29.5 Å². The maximum atomic E-state index is 10.8. The standard InChI is InChI=1S/C7H13IO2/c1-3-6(8)5-7(9)10-4-2/h6H,3-5H2,1-2H3. The van der Waals surface area contributed by atoms with Crippen molar-refractivity contribution in [2.24, 2.45) is 0 Å². The maximum Gasteiger partial charge on any atom is 0.306 e. The molecule has 0 radical (unpaired) electrons. The summed E-state index contributed by atoms with van der Waals surface area (Å²) in [6, 6.07) is 0. The fraction of sp³-hybridized carbons (Fsp3) is 0.857. The zero-order chi connectivity index (χ0) is 7.98. The molecule has 0 saturated carbocycles. The monoisotopic (exact) mass is 256 g/mol. The minimum Gasteiger partial charge on any atom is -0.466 e. The van der Waals surface area contributed by atoms with Gasteiger partial charge in [0.05, 0.1) is 13.0 Å². The summed E-state index contributed by atoms with van der Waals surface area (Å²) in [6.07, 6.45) is 1.57. The largest absolute Gasteiger partial charge is 0.466 e. The van der Waals surface area contributed by atoms with Gasteiger partial charge in [0.25, 0.3) is 0 Å². The van der Waals surface area contributed by atoms with Gasteiger partial charge in [0.2, 0.25) is 0 Å². The number of hydrogen-bond donors (Lipinski definition) is 0. The van der Waals surface area contributed by atoms with E-state index in [4.69, 9.17) is 4.74 Å². The Labute approximate surface area is 75.5 Å². The molecule has 0 aliphatic carbocycles. The quantitative estimate of drug-likeness (QED) is 0.437. The minimum absolute atomic E-state index is 0.0799. The first-order chi connectivity index (χ1) is 4.70. The Morgan fingerprint density at radius 3 is 2.60 bits per heavy atom. The van der Waals surface area contributed by atoms with E-state index in [2.05, 4.69) is 29.5 Å². The molecule has 0 saturated heterocycles. The molecule has 2 nitrogen and oxygen atoms in total. The number of alkyl halides is 1. The van der Waals surface area contributed by atoms with E-state index in [0.717, 1.165) is 6.42 Å². The van der Waals surface area contributed by atoms with Crippen molar-refractivity contribution in [3.05, 3.63) is 0 Å². The molecule has 0 fully saturated rings. The van der Waals surface area contributed by atoms with Crippen LogP contribution in [0.4, 0.5) is 0 Å². The lowest BCUT2D eigenvalue weighted by molar-refractivity contribution is -0.142. The number of esters is 1. The van der Waals surface area contributed by atoms with Crippen molar-refractivity contribution in [3.63, 3.8) is 0 Å². The van der Waals surface area contributed by atoms with E-state index in [-0.39, 0.29) is 5.97 Å². The molecule has 0 heterocycles. The van der Waals surface area contributed by atoms with E-state index >= 15 is 0 Å². The number of carbonyl (C=O) groups is 1. The second kappa shape index (κ2) is 5.95. The average Bonchev–Trinajstić information content (AvgIpc) is 1.88. The first-order valence-corrected chi connectivity index (χ1v) is 4.75. The van der Waals surface area contributed by atoms with E-state index in [1.807, 2.05) is 6.92 Å². The van der Waals surface area contributed by atoms with Gasteiger partial charge in [0.15, 0.2) is 0 Å². The second-order valence-corrected chi connectivity index (χ2v) is 3.78. The fourth-order valence-electron chi connectivity index (χ4n) is 0.545. The van der Waals surface area contributed by atoms with Crippen LogP contribution in [0, 0.1) is 0 Å². The van der Waals surface area contributed by atoms with Gasteiger partial charge in [-0.05, 0) is 13.3 Å². The average molecular weight is 256 g/mol. The Kier molecular flexibility index (Phi) is 6.06. The molecule has 0 aliphatic rings. The molecule has 0 aromatic heterocycles. The Hall–Kier alpha value is 0.200. The van der Waals surface area contributed by atoms with Crippen LogP contribution >= 0.6 is 22.6 Å². The molecule has 0 aliphatic heterocycles. The number of ether oxygens (including phenoxy) is 1. The van der Waals surface area contributed by atoms with Crippen LogP contribution in [0.15, 0.2) is 0 Å². The second-order valence-electron chi connectivity index (χ2n) is 2.01. The normalized spacial score (nSPS) is 12.7. The molecular weight excluding hydrogens is 243 g/mol. The SMILES string of the molecule is CCOC(=O)CC(I)CC. The van der Waals surface area contributed by atoms with Crippen LogP contribution in [0.5, 0.6) is 0 Å². The van der Waals surface area contributed by atoms with E-state index in [1.54, 1.807) is 0 Å². The molecule has 0 spiro atoms. The van der Waals surface area contributed by atoms with E-state index in [0.29, 0.717) is 17.0 Å². The molecular formula is C7H13IO2. The van der Waals surface area contributed by atoms with Crippen LogP contribution in [-0.2, 0) is 9.53 Å². The predicted octanol–water partition coefficient (Wildman–Crippen LogP) is 2.15. The van der Waals surface area contributed by atoms with Crippen molar-refractivity contribution in [3.8, 4) is 0 Å². The van der Waals surface area contributed by atoms with Gasteiger partial charge < -0.3 is 4.74 Å². The number of halogens is 1. The van der Waals surface area contributed by atoms with E-state index in [1.165, 1.54) is 0 Å². The lowest BCUT2D eigenvalue weighted by Crippen LogP contribution is -2.09. The van der Waals surface area contributed by atoms with Crippen molar-refractivity contribution >= 4 is 28.6 Å². The van der Waals surface area contributed by atoms with Gasteiger partial charge in [-0.25, -0.2) is 0 Å². The lowest BCUT2D eigenvalue weighted by Gasteiger charge is -2.04. The number of hydrogen-bond acceptors (Lipinski definition) is 2. The predicted molar refractivity (Wildman–Crippen MR) is 49.3 cm³/mol. The van der Waals surface area contributed by atoms with E-state index < -0.39 is 0 Å². The van der Waals surface area contributed by atoms with Crippen molar-refractivity contribution < 1.29 is 9.53 Å². The molecule has 60 valence electrons. The lowest BCUT2D eigenvalue weighted by atomic mass is 10.2. The highest BCUT2D eigenvalue weighted by atomic mass is 127. The van der Waals surface area contributed by atoms with Gasteiger partial charge >= 0.3 is 5.97 Å². The summed E-state index contributed by atoms with van der Waals surface area (Å²) in [5.74, 6) is -0.0799. The minimum atomic E-state index is -0.0799. The summed E-state index contributed by atoms with van der Waals surface area (Å²) in [5, 5.41) is 0. The summed E-state index contributed by atoms with van der Waals surface area (Å²) < 4.78 is 5.20. The summed E-state index contributed by atoms with van der Waals surface area (Å²) in [5.41, 5.74) is 0. The molecule has 0 N–H and O–H groups in total. The Morgan fingerprint density at radius 2 is 2.20 bits per heavy atom. The molecule has 0 bridgehead atoms. The molecule has 1 atom stereocenters. The molecule has 0 aromatic carbocycles. The summed E-state index contributed by atoms with van der Waals surface area (Å²) >= 11 is 2.26. The molecule has 0 rings (SSSR count). The van der Waals surface area contributed by atoms with Crippen LogP contribution < -0.4 is 0 Å². The fourth-order valence-corrected chi connectivity index (χ4v) is 0.905. The zero-order valence-electron chi connectivity index (χ0n) is 6.39. The first-order valence-electron chi connectivity index (χ1n) is 3.50. The Bertz CT molecular complexity index is 104. The maximum absolute atomic E-state index is 10.8. The molecule has 1 unspecified atom stereocenters. The van der Waals surface area contributed by atoms with Gasteiger partial charge in [-0.15, -0.1) is 0 Å². The molecule has 3 heteroatoms. The highest BCUT2D eigenvalue weighted by Gasteiger charge is 2.07. The van der Waals surface area contributed by atoms with Gasteiger partial charge in [0, 0.05) is 3.92 Å². The summed E-state index contributed by atoms with van der Waals surface area (Å²) in [6.45, 7) is 4.38. The Balaban J connectivity index is 3.37. The van der Waals surface area contributed by atoms with Crippen LogP contribution in [-0.4, -0.2) is 16.5 Å². The number of carbonyl (C=O) groups excluding carboxylic acids is 1. The van der Waals surface area contributed by atoms with Gasteiger partial charge in [0.1, 0.15) is 0 Å². The highest BCUT2D eigenvalue weighted by molar-refractivity contribution is 14.1. The van der Waals surface area contributed by atoms with Gasteiger partial charge in [-0.3, -0.25) is 4.79 Å². The Morgan fingerprint density at radius 1 is 1.60 bits per heavy atom. The first kappa shape index (κ1) is 10.2. The van der Waals surface area contributed by atoms with Crippen LogP contribution in [0.3, 0.4) is 0 Å². The van der Waals surface area contributed by atoms with Crippen LogP contribution in [0.1, 0.15) is 26.7 Å². The van der Waals surface area contributed by atoms with Crippen molar-refractivity contribution in [1.82, 2.24) is 0 Å². The van der Waals surface area contributed by atoms with Crippen LogP contribution in [0.25, 0.3) is 0 Å². The highest BCUT2D eigenvalue weighted by Crippen LogP contribution is 2.10. The van der Waals surface area contributed by atoms with Crippen molar-refractivity contribution in [2.45, 2.75) is 30.6 Å². The van der Waals surface area contributed by atoms with Crippen LogP contribution in [0.2, 0.25) is 0 Å². The van der Waals surface area contributed by atoms with Crippen molar-refractivity contribution in [1.29, 1.82) is 0 Å². The smallest absolute Gasteiger partial charge is 0.306 e. The molecule has 0 amide bonds. The van der Waals surface area contributed by atoms with E-state index in [9.17, 15) is 4.79 Å².